The molecule has 0 saturated carbocycles. The van der Waals surface area contributed by atoms with Crippen LogP contribution in [0.25, 0.3) is 0 Å². The minimum absolute atomic E-state index is 0.161. The van der Waals surface area contributed by atoms with E-state index in [1.54, 1.807) is 48.8 Å². The van der Waals surface area contributed by atoms with E-state index in [2.05, 4.69) is 10.3 Å². The average Bonchev–Trinajstić information content (AvgIpc) is 2.62. The lowest BCUT2D eigenvalue weighted by atomic mass is 10.2. The molecule has 0 unspecified atom stereocenters. The van der Waals surface area contributed by atoms with Crippen LogP contribution in [0.3, 0.4) is 0 Å². The van der Waals surface area contributed by atoms with E-state index in [1.807, 2.05) is 30.3 Å². The number of benzene rings is 2. The molecule has 0 aliphatic rings. The Hall–Kier alpha value is -3.14. The first-order valence-electron chi connectivity index (χ1n) is 7.29. The molecule has 0 spiro atoms. The van der Waals surface area contributed by atoms with E-state index in [9.17, 15) is 4.79 Å². The standard InChI is InChI=1S/C19H16N2O2/c22-19(21-17-10-12-20-13-11-17)16-6-8-18(9-7-16)23-14-15-4-2-1-3-5-15/h1-13H,14H2,(H,20,21,22). The lowest BCUT2D eigenvalue weighted by Gasteiger charge is -2.08. The minimum atomic E-state index is -0.161. The molecular weight excluding hydrogens is 288 g/mol. The molecule has 4 heteroatoms. The van der Waals surface area contributed by atoms with Crippen LogP contribution in [0.2, 0.25) is 0 Å². The van der Waals surface area contributed by atoms with Gasteiger partial charge in [0.05, 0.1) is 0 Å². The minimum Gasteiger partial charge on any atom is -0.489 e. The van der Waals surface area contributed by atoms with Gasteiger partial charge in [0, 0.05) is 23.6 Å². The fraction of sp³-hybridized carbons (Fsp3) is 0.0526. The lowest BCUT2D eigenvalue weighted by Crippen LogP contribution is -2.11. The third kappa shape index (κ3) is 4.17. The first-order valence-corrected chi connectivity index (χ1v) is 7.29. The second-order valence-electron chi connectivity index (χ2n) is 4.99. The van der Waals surface area contributed by atoms with Crippen molar-refractivity contribution in [1.82, 2.24) is 4.98 Å². The van der Waals surface area contributed by atoms with Gasteiger partial charge in [-0.1, -0.05) is 30.3 Å². The van der Waals surface area contributed by atoms with E-state index in [-0.39, 0.29) is 5.91 Å². The highest BCUT2D eigenvalue weighted by Gasteiger charge is 2.06. The predicted molar refractivity (Wildman–Crippen MR) is 89.4 cm³/mol. The maximum atomic E-state index is 12.1. The fourth-order valence-corrected chi connectivity index (χ4v) is 2.08. The fourth-order valence-electron chi connectivity index (χ4n) is 2.08. The summed E-state index contributed by atoms with van der Waals surface area (Å²) < 4.78 is 5.71. The van der Waals surface area contributed by atoms with Crippen LogP contribution in [0.1, 0.15) is 15.9 Å². The van der Waals surface area contributed by atoms with Crippen molar-refractivity contribution >= 4 is 11.6 Å². The van der Waals surface area contributed by atoms with Crippen molar-refractivity contribution < 1.29 is 9.53 Å². The summed E-state index contributed by atoms with van der Waals surface area (Å²) in [5.74, 6) is 0.570. The van der Waals surface area contributed by atoms with Crippen LogP contribution in [0.5, 0.6) is 5.75 Å². The van der Waals surface area contributed by atoms with Gasteiger partial charge in [0.1, 0.15) is 12.4 Å². The van der Waals surface area contributed by atoms with E-state index >= 15 is 0 Å². The molecule has 0 bridgehead atoms. The third-order valence-electron chi connectivity index (χ3n) is 3.30. The van der Waals surface area contributed by atoms with Gasteiger partial charge in [0.25, 0.3) is 5.91 Å². The number of amides is 1. The van der Waals surface area contributed by atoms with Gasteiger partial charge < -0.3 is 10.1 Å². The highest BCUT2D eigenvalue weighted by atomic mass is 16.5. The Balaban J connectivity index is 1.59. The molecular formula is C19H16N2O2. The van der Waals surface area contributed by atoms with Crippen LogP contribution < -0.4 is 10.1 Å². The molecule has 0 atom stereocenters. The monoisotopic (exact) mass is 304 g/mol. The number of pyridine rings is 1. The molecule has 3 rings (SSSR count). The second-order valence-corrected chi connectivity index (χ2v) is 4.99. The molecule has 1 heterocycles. The van der Waals surface area contributed by atoms with Crippen molar-refractivity contribution in [2.45, 2.75) is 6.61 Å². The zero-order valence-corrected chi connectivity index (χ0v) is 12.5. The molecule has 0 fully saturated rings. The van der Waals surface area contributed by atoms with Crippen LogP contribution in [0.15, 0.2) is 79.1 Å². The number of anilines is 1. The van der Waals surface area contributed by atoms with Crippen molar-refractivity contribution in [3.8, 4) is 5.75 Å². The van der Waals surface area contributed by atoms with Crippen LogP contribution in [-0.4, -0.2) is 10.9 Å². The molecule has 23 heavy (non-hydrogen) atoms. The van der Waals surface area contributed by atoms with Gasteiger partial charge in [-0.05, 0) is 42.0 Å². The largest absolute Gasteiger partial charge is 0.489 e. The maximum absolute atomic E-state index is 12.1. The summed E-state index contributed by atoms with van der Waals surface area (Å²) in [6.07, 6.45) is 3.27. The Morgan fingerprint density at radius 2 is 1.61 bits per heavy atom. The lowest BCUT2D eigenvalue weighted by molar-refractivity contribution is 0.102. The SMILES string of the molecule is O=C(Nc1ccncc1)c1ccc(OCc2ccccc2)cc1. The number of hydrogen-bond donors (Lipinski definition) is 1. The molecule has 1 amide bonds. The highest BCUT2D eigenvalue weighted by molar-refractivity contribution is 6.04. The average molecular weight is 304 g/mol. The van der Waals surface area contributed by atoms with Crippen molar-refractivity contribution in [3.05, 3.63) is 90.3 Å². The molecule has 0 radical (unpaired) electrons. The summed E-state index contributed by atoms with van der Waals surface area (Å²) in [6.45, 7) is 0.503. The molecule has 0 saturated heterocycles. The summed E-state index contributed by atoms with van der Waals surface area (Å²) in [4.78, 5) is 16.0. The van der Waals surface area contributed by atoms with Gasteiger partial charge in [-0.3, -0.25) is 9.78 Å². The Labute approximate surface area is 134 Å². The van der Waals surface area contributed by atoms with Gasteiger partial charge in [0.15, 0.2) is 0 Å². The quantitative estimate of drug-likeness (QED) is 0.777. The second kappa shape index (κ2) is 7.22. The molecule has 2 aromatic carbocycles. The van der Waals surface area contributed by atoms with Gasteiger partial charge in [-0.15, -0.1) is 0 Å². The van der Waals surface area contributed by atoms with E-state index < -0.39 is 0 Å². The number of rotatable bonds is 5. The molecule has 1 aromatic heterocycles. The smallest absolute Gasteiger partial charge is 0.255 e. The molecule has 1 N–H and O–H groups in total. The van der Waals surface area contributed by atoms with E-state index in [0.717, 1.165) is 17.0 Å². The molecule has 3 aromatic rings. The van der Waals surface area contributed by atoms with E-state index in [1.165, 1.54) is 0 Å². The summed E-state index contributed by atoms with van der Waals surface area (Å²) in [6, 6.07) is 20.5. The Bertz CT molecular complexity index is 756. The summed E-state index contributed by atoms with van der Waals surface area (Å²) >= 11 is 0. The Kier molecular flexibility index (Phi) is 4.64. The summed E-state index contributed by atoms with van der Waals surface area (Å²) in [5.41, 5.74) is 2.40. The number of aromatic nitrogens is 1. The summed E-state index contributed by atoms with van der Waals surface area (Å²) in [5, 5.41) is 2.82. The number of nitrogens with zero attached hydrogens (tertiary/aromatic N) is 1. The number of carbonyl (C=O) groups is 1. The number of ether oxygens (including phenoxy) is 1. The van der Waals surface area contributed by atoms with Crippen LogP contribution in [0.4, 0.5) is 5.69 Å². The first-order chi connectivity index (χ1) is 11.3. The van der Waals surface area contributed by atoms with Gasteiger partial charge in [-0.25, -0.2) is 0 Å². The topological polar surface area (TPSA) is 51.2 Å². The highest BCUT2D eigenvalue weighted by Crippen LogP contribution is 2.15. The van der Waals surface area contributed by atoms with Gasteiger partial charge in [0.2, 0.25) is 0 Å². The zero-order chi connectivity index (χ0) is 15.9. The van der Waals surface area contributed by atoms with Crippen LogP contribution in [0, 0.1) is 0 Å². The maximum Gasteiger partial charge on any atom is 0.255 e. The molecule has 0 aliphatic heterocycles. The third-order valence-corrected chi connectivity index (χ3v) is 3.30. The van der Waals surface area contributed by atoms with Crippen molar-refractivity contribution in [1.29, 1.82) is 0 Å². The molecule has 114 valence electrons. The number of nitrogens with one attached hydrogen (secondary N) is 1. The summed E-state index contributed by atoms with van der Waals surface area (Å²) in [7, 11) is 0. The number of carbonyl (C=O) groups excluding carboxylic acids is 1. The van der Waals surface area contributed by atoms with Crippen LogP contribution in [-0.2, 0) is 6.61 Å². The van der Waals surface area contributed by atoms with Crippen molar-refractivity contribution in [2.75, 3.05) is 5.32 Å². The molecule has 0 aliphatic carbocycles. The van der Waals surface area contributed by atoms with E-state index in [0.29, 0.717) is 12.2 Å². The Morgan fingerprint density at radius 1 is 0.913 bits per heavy atom. The van der Waals surface area contributed by atoms with E-state index in [4.69, 9.17) is 4.74 Å². The predicted octanol–water partition coefficient (Wildman–Crippen LogP) is 3.91. The first kappa shape index (κ1) is 14.8. The van der Waals surface area contributed by atoms with Crippen molar-refractivity contribution in [2.24, 2.45) is 0 Å². The van der Waals surface area contributed by atoms with Crippen LogP contribution >= 0.6 is 0 Å². The van der Waals surface area contributed by atoms with Gasteiger partial charge >= 0.3 is 0 Å². The zero-order valence-electron chi connectivity index (χ0n) is 12.5. The van der Waals surface area contributed by atoms with Gasteiger partial charge in [-0.2, -0.15) is 0 Å². The normalized spacial score (nSPS) is 10.1. The molecule has 4 nitrogen and oxygen atoms in total. The van der Waals surface area contributed by atoms with Crippen molar-refractivity contribution in [3.63, 3.8) is 0 Å². The number of hydrogen-bond acceptors (Lipinski definition) is 3. The Morgan fingerprint density at radius 3 is 2.30 bits per heavy atom.